The van der Waals surface area contributed by atoms with Crippen LogP contribution >= 0.6 is 11.3 Å². The molecule has 5 nitrogen and oxygen atoms in total. The summed E-state index contributed by atoms with van der Waals surface area (Å²) in [6, 6.07) is 6.99. The van der Waals surface area contributed by atoms with Crippen LogP contribution in [0.4, 0.5) is 0 Å². The molecule has 0 aliphatic heterocycles. The van der Waals surface area contributed by atoms with Crippen molar-refractivity contribution in [2.24, 2.45) is 0 Å². The van der Waals surface area contributed by atoms with Crippen LogP contribution in [-0.4, -0.2) is 24.7 Å². The molecule has 0 aliphatic carbocycles. The molecule has 0 aliphatic rings. The maximum atomic E-state index is 11.6. The van der Waals surface area contributed by atoms with Crippen molar-refractivity contribution in [3.63, 3.8) is 0 Å². The van der Waals surface area contributed by atoms with Gasteiger partial charge in [-0.1, -0.05) is 18.2 Å². The molecule has 0 bridgehead atoms. The van der Waals surface area contributed by atoms with E-state index in [9.17, 15) is 18.1 Å². The highest BCUT2D eigenvalue weighted by Gasteiger charge is 2.22. The summed E-state index contributed by atoms with van der Waals surface area (Å²) >= 11 is 1.03. The number of ether oxygens (including phenoxy) is 1. The van der Waals surface area contributed by atoms with Gasteiger partial charge in [0, 0.05) is 17.0 Å². The fraction of sp³-hybridized carbons (Fsp3) is 0.333. The predicted molar refractivity (Wildman–Crippen MR) is 85.6 cm³/mol. The molecular formula is C15H18O5S2. The smallest absolute Gasteiger partial charge is 0.304 e. The molecule has 1 heterocycles. The van der Waals surface area contributed by atoms with Crippen LogP contribution in [0.1, 0.15) is 22.9 Å². The summed E-state index contributed by atoms with van der Waals surface area (Å²) < 4.78 is 37.9. The van der Waals surface area contributed by atoms with Crippen molar-refractivity contribution in [1.29, 1.82) is 0 Å². The highest BCUT2D eigenvalue weighted by atomic mass is 32.3. The molecule has 120 valence electrons. The summed E-state index contributed by atoms with van der Waals surface area (Å²) in [5.41, 5.74) is 2.64. The monoisotopic (exact) mass is 342 g/mol. The zero-order valence-electron chi connectivity index (χ0n) is 12.4. The average molecular weight is 342 g/mol. The van der Waals surface area contributed by atoms with Crippen LogP contribution in [0.3, 0.4) is 0 Å². The van der Waals surface area contributed by atoms with E-state index < -0.39 is 10.1 Å². The van der Waals surface area contributed by atoms with Gasteiger partial charge in [-0.15, -0.1) is 11.3 Å². The number of hydrogen-bond donors (Lipinski definition) is 2. The fourth-order valence-corrected chi connectivity index (χ4v) is 4.22. The van der Waals surface area contributed by atoms with Gasteiger partial charge < -0.3 is 9.84 Å². The first-order chi connectivity index (χ1) is 10.4. The Labute approximate surface area is 133 Å². The van der Waals surface area contributed by atoms with Gasteiger partial charge >= 0.3 is 10.1 Å². The summed E-state index contributed by atoms with van der Waals surface area (Å²) in [6.45, 7) is 4.38. The van der Waals surface area contributed by atoms with E-state index in [2.05, 4.69) is 0 Å². The van der Waals surface area contributed by atoms with Gasteiger partial charge in [-0.25, -0.2) is 0 Å². The number of aliphatic hydroxyl groups excluding tert-OH is 1. The Bertz CT molecular complexity index is 762. The molecular weight excluding hydrogens is 324 g/mol. The minimum absolute atomic E-state index is 0.0699. The van der Waals surface area contributed by atoms with Crippen molar-refractivity contribution in [2.45, 2.75) is 31.3 Å². The quantitative estimate of drug-likeness (QED) is 0.789. The third-order valence-corrected chi connectivity index (χ3v) is 5.58. The van der Waals surface area contributed by atoms with Crippen molar-refractivity contribution >= 4 is 21.5 Å². The molecule has 0 saturated heterocycles. The molecule has 0 radical (unpaired) electrons. The number of rotatable bonds is 6. The molecule has 2 aromatic rings. The minimum Gasteiger partial charge on any atom is -0.392 e. The number of hydrogen-bond acceptors (Lipinski definition) is 5. The molecule has 2 N–H and O–H groups in total. The van der Waals surface area contributed by atoms with E-state index in [0.717, 1.165) is 27.3 Å². The van der Waals surface area contributed by atoms with Crippen molar-refractivity contribution < 1.29 is 22.8 Å². The first kappa shape index (κ1) is 17.1. The molecule has 0 amide bonds. The van der Waals surface area contributed by atoms with Crippen LogP contribution in [0.15, 0.2) is 28.5 Å². The van der Waals surface area contributed by atoms with Gasteiger partial charge in [0.2, 0.25) is 0 Å². The van der Waals surface area contributed by atoms with Gasteiger partial charge in [0.1, 0.15) is 0 Å². The Morgan fingerprint density at radius 2 is 1.95 bits per heavy atom. The maximum absolute atomic E-state index is 11.6. The summed E-state index contributed by atoms with van der Waals surface area (Å²) in [6.07, 6.45) is 0. The Morgan fingerprint density at radius 1 is 1.23 bits per heavy atom. The Hall–Kier alpha value is -1.25. The van der Waals surface area contributed by atoms with E-state index in [0.29, 0.717) is 24.3 Å². The van der Waals surface area contributed by atoms with Crippen LogP contribution in [0.2, 0.25) is 0 Å². The number of benzene rings is 1. The lowest BCUT2D eigenvalue weighted by Gasteiger charge is -2.11. The fourth-order valence-electron chi connectivity index (χ4n) is 2.21. The highest BCUT2D eigenvalue weighted by molar-refractivity contribution is 7.88. The average Bonchev–Trinajstić information content (AvgIpc) is 2.86. The van der Waals surface area contributed by atoms with E-state index in [-0.39, 0.29) is 10.8 Å². The highest BCUT2D eigenvalue weighted by Crippen LogP contribution is 2.37. The molecule has 0 spiro atoms. The number of aryl methyl sites for hydroxylation is 1. The first-order valence-electron chi connectivity index (χ1n) is 6.75. The van der Waals surface area contributed by atoms with E-state index in [1.54, 1.807) is 31.2 Å². The lowest BCUT2D eigenvalue weighted by atomic mass is 10.00. The van der Waals surface area contributed by atoms with E-state index in [1.165, 1.54) is 0 Å². The Balaban J connectivity index is 2.61. The van der Waals surface area contributed by atoms with Crippen LogP contribution in [0.5, 0.6) is 0 Å². The second-order valence-corrected chi connectivity index (χ2v) is 7.69. The molecule has 0 fully saturated rings. The largest absolute Gasteiger partial charge is 0.392 e. The Morgan fingerprint density at radius 3 is 2.55 bits per heavy atom. The van der Waals surface area contributed by atoms with Crippen molar-refractivity contribution in [3.8, 4) is 11.1 Å². The van der Waals surface area contributed by atoms with Crippen molar-refractivity contribution in [1.82, 2.24) is 0 Å². The zero-order valence-corrected chi connectivity index (χ0v) is 14.0. The molecule has 0 atom stereocenters. The number of aliphatic hydroxyl groups is 1. The van der Waals surface area contributed by atoms with Crippen LogP contribution in [-0.2, 0) is 28.1 Å². The molecule has 1 aromatic heterocycles. The van der Waals surface area contributed by atoms with E-state index >= 15 is 0 Å². The third-order valence-electron chi connectivity index (χ3n) is 3.16. The van der Waals surface area contributed by atoms with Crippen molar-refractivity contribution in [3.05, 3.63) is 40.3 Å². The predicted octanol–water partition coefficient (Wildman–Crippen LogP) is 3.00. The standard InChI is InChI=1S/C15H18O5S2/c1-3-20-9-12-7-11(8-16)4-5-13(12)14-6-10(2)21-15(14)22(17,18)19/h4-7,16H,3,8-9H2,1-2H3,(H,17,18,19). The normalized spacial score (nSPS) is 11.8. The summed E-state index contributed by atoms with van der Waals surface area (Å²) in [4.78, 5) is 0.788. The molecule has 2 rings (SSSR count). The molecule has 0 unspecified atom stereocenters. The van der Waals surface area contributed by atoms with Crippen LogP contribution in [0.25, 0.3) is 11.1 Å². The van der Waals surface area contributed by atoms with Crippen molar-refractivity contribution in [2.75, 3.05) is 6.61 Å². The Kier molecular flexibility index (Phi) is 5.36. The molecule has 1 aromatic carbocycles. The van der Waals surface area contributed by atoms with E-state index in [4.69, 9.17) is 4.74 Å². The molecule has 0 saturated carbocycles. The topological polar surface area (TPSA) is 83.8 Å². The lowest BCUT2D eigenvalue weighted by Crippen LogP contribution is -2.00. The number of thiophene rings is 1. The summed E-state index contributed by atoms with van der Waals surface area (Å²) in [5.74, 6) is 0. The second kappa shape index (κ2) is 6.89. The minimum atomic E-state index is -4.29. The summed E-state index contributed by atoms with van der Waals surface area (Å²) in [7, 11) is -4.29. The van der Waals surface area contributed by atoms with E-state index in [1.807, 2.05) is 6.92 Å². The second-order valence-electron chi connectivity index (χ2n) is 4.82. The van der Waals surface area contributed by atoms with Crippen LogP contribution in [0, 0.1) is 6.92 Å². The molecule has 7 heteroatoms. The van der Waals surface area contributed by atoms with Gasteiger partial charge in [-0.2, -0.15) is 8.42 Å². The van der Waals surface area contributed by atoms with Gasteiger partial charge in [0.25, 0.3) is 0 Å². The maximum Gasteiger partial charge on any atom is 0.304 e. The molecule has 22 heavy (non-hydrogen) atoms. The lowest BCUT2D eigenvalue weighted by molar-refractivity contribution is 0.134. The van der Waals surface area contributed by atoms with Gasteiger partial charge in [-0.3, -0.25) is 4.55 Å². The van der Waals surface area contributed by atoms with Crippen LogP contribution < -0.4 is 0 Å². The van der Waals surface area contributed by atoms with Gasteiger partial charge in [0.15, 0.2) is 4.21 Å². The SMILES string of the molecule is CCOCc1cc(CO)ccc1-c1cc(C)sc1S(=O)(=O)O. The van der Waals surface area contributed by atoms with Gasteiger partial charge in [-0.05, 0) is 36.6 Å². The first-order valence-corrected chi connectivity index (χ1v) is 9.01. The third kappa shape index (κ3) is 3.74. The summed E-state index contributed by atoms with van der Waals surface area (Å²) in [5, 5.41) is 9.26. The van der Waals surface area contributed by atoms with Gasteiger partial charge in [0.05, 0.1) is 13.2 Å². The zero-order chi connectivity index (χ0) is 16.3.